The lowest BCUT2D eigenvalue weighted by molar-refractivity contribution is 0.391. The predicted octanol–water partition coefficient (Wildman–Crippen LogP) is 2.44. The number of hydrogen-bond donors (Lipinski definition) is 1. The topological polar surface area (TPSA) is 130 Å². The first kappa shape index (κ1) is 18.6. The molecule has 0 fully saturated rings. The SMILES string of the molecule is CCn1c(SCc2nc(-c3ccccn3)no2)nc2cc(S(N)(=O)=O)ccc21. The van der Waals surface area contributed by atoms with E-state index in [4.69, 9.17) is 9.66 Å². The standard InChI is InChI=1S/C17H16N6O3S2/c1-2-23-14-7-6-11(28(18,24)25)9-13(14)20-17(23)27-10-15-21-16(22-26-15)12-5-3-4-8-19-12/h3-9H,2,10H2,1H3,(H2,18,24,25). The van der Waals surface area contributed by atoms with Gasteiger partial charge < -0.3 is 9.09 Å². The van der Waals surface area contributed by atoms with Gasteiger partial charge in [-0.2, -0.15) is 4.98 Å². The van der Waals surface area contributed by atoms with Crippen LogP contribution in [0.25, 0.3) is 22.6 Å². The molecule has 0 aliphatic heterocycles. The Hall–Kier alpha value is -2.76. The molecule has 0 atom stereocenters. The zero-order valence-electron chi connectivity index (χ0n) is 14.8. The Labute approximate surface area is 165 Å². The van der Waals surface area contributed by atoms with E-state index < -0.39 is 10.0 Å². The van der Waals surface area contributed by atoms with Crippen LogP contribution in [-0.4, -0.2) is 33.1 Å². The maximum Gasteiger partial charge on any atom is 0.238 e. The Kier molecular flexibility index (Phi) is 4.87. The number of rotatable bonds is 6. The number of benzene rings is 1. The second-order valence-electron chi connectivity index (χ2n) is 5.85. The van der Waals surface area contributed by atoms with Crippen LogP contribution >= 0.6 is 11.8 Å². The molecular formula is C17H16N6O3S2. The van der Waals surface area contributed by atoms with Crippen molar-refractivity contribution in [3.63, 3.8) is 0 Å². The van der Waals surface area contributed by atoms with Gasteiger partial charge in [0.15, 0.2) is 5.16 Å². The molecule has 0 spiro atoms. The van der Waals surface area contributed by atoms with Crippen molar-refractivity contribution in [2.75, 3.05) is 0 Å². The van der Waals surface area contributed by atoms with Crippen molar-refractivity contribution in [2.45, 2.75) is 29.3 Å². The largest absolute Gasteiger partial charge is 0.338 e. The maximum absolute atomic E-state index is 11.6. The number of fused-ring (bicyclic) bond motifs is 1. The van der Waals surface area contributed by atoms with Gasteiger partial charge in [-0.3, -0.25) is 4.98 Å². The van der Waals surface area contributed by atoms with Crippen LogP contribution in [0.15, 0.2) is 57.2 Å². The average molecular weight is 416 g/mol. The number of hydrogen-bond acceptors (Lipinski definition) is 8. The Morgan fingerprint density at radius 1 is 1.21 bits per heavy atom. The quantitative estimate of drug-likeness (QED) is 0.474. The summed E-state index contributed by atoms with van der Waals surface area (Å²) in [4.78, 5) is 13.1. The number of primary sulfonamides is 1. The summed E-state index contributed by atoms with van der Waals surface area (Å²) in [6, 6.07) is 10.1. The van der Waals surface area contributed by atoms with E-state index >= 15 is 0 Å². The molecule has 0 saturated heterocycles. The van der Waals surface area contributed by atoms with Crippen molar-refractivity contribution < 1.29 is 12.9 Å². The summed E-state index contributed by atoms with van der Waals surface area (Å²) in [5.41, 5.74) is 2.03. The molecule has 3 aromatic heterocycles. The summed E-state index contributed by atoms with van der Waals surface area (Å²) >= 11 is 1.43. The molecule has 0 saturated carbocycles. The highest BCUT2D eigenvalue weighted by Crippen LogP contribution is 2.28. The number of thioether (sulfide) groups is 1. The van der Waals surface area contributed by atoms with Crippen molar-refractivity contribution >= 4 is 32.8 Å². The van der Waals surface area contributed by atoms with Crippen LogP contribution in [-0.2, 0) is 22.3 Å². The van der Waals surface area contributed by atoms with E-state index in [0.717, 1.165) is 10.7 Å². The molecule has 0 unspecified atom stereocenters. The normalized spacial score (nSPS) is 11.9. The van der Waals surface area contributed by atoms with Gasteiger partial charge >= 0.3 is 0 Å². The summed E-state index contributed by atoms with van der Waals surface area (Å²) in [7, 11) is -3.78. The number of aromatic nitrogens is 5. The fourth-order valence-electron chi connectivity index (χ4n) is 2.72. The monoisotopic (exact) mass is 416 g/mol. The minimum atomic E-state index is -3.78. The molecule has 144 valence electrons. The number of nitrogens with zero attached hydrogens (tertiary/aromatic N) is 5. The van der Waals surface area contributed by atoms with E-state index in [1.165, 1.54) is 23.9 Å². The van der Waals surface area contributed by atoms with Crippen LogP contribution in [0.2, 0.25) is 0 Å². The fraction of sp³-hybridized carbons (Fsp3) is 0.176. The van der Waals surface area contributed by atoms with Crippen molar-refractivity contribution in [3.8, 4) is 11.5 Å². The second kappa shape index (κ2) is 7.34. The summed E-state index contributed by atoms with van der Waals surface area (Å²) in [6.07, 6.45) is 1.67. The predicted molar refractivity (Wildman–Crippen MR) is 104 cm³/mol. The minimum absolute atomic E-state index is 0.0363. The lowest BCUT2D eigenvalue weighted by Gasteiger charge is -2.04. The Bertz CT molecular complexity index is 1230. The third kappa shape index (κ3) is 3.63. The van der Waals surface area contributed by atoms with Crippen molar-refractivity contribution in [2.24, 2.45) is 5.14 Å². The first-order chi connectivity index (χ1) is 13.5. The molecule has 11 heteroatoms. The number of aryl methyl sites for hydroxylation is 1. The molecule has 0 aliphatic rings. The summed E-state index contributed by atoms with van der Waals surface area (Å²) in [5, 5.41) is 9.89. The van der Waals surface area contributed by atoms with Gasteiger partial charge in [-0.1, -0.05) is 23.0 Å². The van der Waals surface area contributed by atoms with E-state index in [1.54, 1.807) is 18.3 Å². The van der Waals surface area contributed by atoms with E-state index in [9.17, 15) is 8.42 Å². The molecule has 0 bridgehead atoms. The molecule has 0 amide bonds. The minimum Gasteiger partial charge on any atom is -0.338 e. The van der Waals surface area contributed by atoms with E-state index in [1.807, 2.05) is 23.6 Å². The van der Waals surface area contributed by atoms with Gasteiger partial charge in [0.1, 0.15) is 5.69 Å². The molecular weight excluding hydrogens is 400 g/mol. The third-order valence-corrected chi connectivity index (χ3v) is 5.89. The lowest BCUT2D eigenvalue weighted by Crippen LogP contribution is -2.11. The van der Waals surface area contributed by atoms with Gasteiger partial charge in [0.2, 0.25) is 21.7 Å². The van der Waals surface area contributed by atoms with E-state index in [0.29, 0.717) is 35.2 Å². The number of imidazole rings is 1. The van der Waals surface area contributed by atoms with Crippen molar-refractivity contribution in [3.05, 3.63) is 48.5 Å². The molecule has 2 N–H and O–H groups in total. The molecule has 28 heavy (non-hydrogen) atoms. The Balaban J connectivity index is 1.59. The van der Waals surface area contributed by atoms with E-state index in [-0.39, 0.29) is 4.90 Å². The summed E-state index contributed by atoms with van der Waals surface area (Å²) in [5.74, 6) is 1.30. The van der Waals surface area contributed by atoms with Crippen molar-refractivity contribution in [1.82, 2.24) is 24.7 Å². The smallest absolute Gasteiger partial charge is 0.238 e. The molecule has 9 nitrogen and oxygen atoms in total. The number of pyridine rings is 1. The van der Waals surface area contributed by atoms with Gasteiger partial charge in [-0.05, 0) is 37.3 Å². The molecule has 3 heterocycles. The van der Waals surface area contributed by atoms with Gasteiger partial charge in [0, 0.05) is 12.7 Å². The zero-order chi connectivity index (χ0) is 19.7. The molecule has 0 radical (unpaired) electrons. The number of sulfonamides is 1. The maximum atomic E-state index is 11.6. The highest BCUT2D eigenvalue weighted by molar-refractivity contribution is 7.98. The Morgan fingerprint density at radius 3 is 2.79 bits per heavy atom. The van der Waals surface area contributed by atoms with Gasteiger partial charge in [-0.25, -0.2) is 18.5 Å². The average Bonchev–Trinajstić information content (AvgIpc) is 3.30. The van der Waals surface area contributed by atoms with Crippen molar-refractivity contribution in [1.29, 1.82) is 0 Å². The molecule has 4 rings (SSSR count). The van der Waals surface area contributed by atoms with Crippen LogP contribution < -0.4 is 5.14 Å². The first-order valence-corrected chi connectivity index (χ1v) is 10.9. The molecule has 1 aromatic carbocycles. The summed E-state index contributed by atoms with van der Waals surface area (Å²) < 4.78 is 30.4. The zero-order valence-corrected chi connectivity index (χ0v) is 16.4. The highest BCUT2D eigenvalue weighted by Gasteiger charge is 2.16. The van der Waals surface area contributed by atoms with Gasteiger partial charge in [0.25, 0.3) is 0 Å². The molecule has 4 aromatic rings. The first-order valence-electron chi connectivity index (χ1n) is 8.35. The van der Waals surface area contributed by atoms with Crippen LogP contribution in [0.4, 0.5) is 0 Å². The van der Waals surface area contributed by atoms with Crippen LogP contribution in [0, 0.1) is 0 Å². The van der Waals surface area contributed by atoms with Gasteiger partial charge in [0.05, 0.1) is 21.7 Å². The lowest BCUT2D eigenvalue weighted by atomic mass is 10.3. The molecule has 0 aliphatic carbocycles. The van der Waals surface area contributed by atoms with Crippen LogP contribution in [0.1, 0.15) is 12.8 Å². The third-order valence-electron chi connectivity index (χ3n) is 4.02. The van der Waals surface area contributed by atoms with Gasteiger partial charge in [-0.15, -0.1) is 0 Å². The second-order valence-corrected chi connectivity index (χ2v) is 8.35. The van der Waals surface area contributed by atoms with E-state index in [2.05, 4.69) is 20.1 Å². The van der Waals surface area contributed by atoms with Crippen LogP contribution in [0.3, 0.4) is 0 Å². The highest BCUT2D eigenvalue weighted by atomic mass is 32.2. The van der Waals surface area contributed by atoms with Crippen LogP contribution in [0.5, 0.6) is 0 Å². The number of nitrogens with two attached hydrogens (primary N) is 1. The fourth-order valence-corrected chi connectivity index (χ4v) is 4.17. The Morgan fingerprint density at radius 2 is 2.07 bits per heavy atom. The summed E-state index contributed by atoms with van der Waals surface area (Å²) in [6.45, 7) is 2.67.